The van der Waals surface area contributed by atoms with Crippen molar-refractivity contribution >= 4 is 5.69 Å². The first-order chi connectivity index (χ1) is 6.76. The number of nitrogen functional groups attached to an aromatic ring is 1. The summed E-state index contributed by atoms with van der Waals surface area (Å²) in [5.74, 6) is 2.62. The smallest absolute Gasteiger partial charge is 0.0602 e. The highest BCUT2D eigenvalue weighted by Crippen LogP contribution is 2.04. The Bertz CT molecular complexity index is 310. The zero-order chi connectivity index (χ0) is 10.4. The van der Waals surface area contributed by atoms with Gasteiger partial charge in [-0.25, -0.2) is 0 Å². The van der Waals surface area contributed by atoms with Crippen molar-refractivity contribution in [2.24, 2.45) is 0 Å². The van der Waals surface area contributed by atoms with Crippen LogP contribution in [0.25, 0.3) is 0 Å². The van der Waals surface area contributed by atoms with Gasteiger partial charge in [-0.3, -0.25) is 9.88 Å². The summed E-state index contributed by atoms with van der Waals surface area (Å²) in [7, 11) is 0. The SMILES string of the molecule is C#CCN(CC)Cc1ccc(N)cn1. The molecule has 14 heavy (non-hydrogen) atoms. The molecule has 0 unspecified atom stereocenters. The van der Waals surface area contributed by atoms with Crippen LogP contribution in [-0.2, 0) is 6.54 Å². The van der Waals surface area contributed by atoms with Crippen LogP contribution < -0.4 is 5.73 Å². The number of terminal acetylenes is 1. The molecule has 1 rings (SSSR count). The predicted octanol–water partition coefficient (Wildman–Crippen LogP) is 1.12. The lowest BCUT2D eigenvalue weighted by Crippen LogP contribution is -2.23. The molecule has 2 N–H and O–H groups in total. The summed E-state index contributed by atoms with van der Waals surface area (Å²) in [6.07, 6.45) is 6.92. The number of anilines is 1. The van der Waals surface area contributed by atoms with Crippen molar-refractivity contribution < 1.29 is 0 Å². The second kappa shape index (κ2) is 5.25. The molecule has 1 aromatic heterocycles. The molecule has 0 aliphatic heterocycles. The highest BCUT2D eigenvalue weighted by atomic mass is 15.1. The van der Waals surface area contributed by atoms with Crippen LogP contribution in [0, 0.1) is 12.3 Å². The van der Waals surface area contributed by atoms with Gasteiger partial charge in [0.05, 0.1) is 24.1 Å². The van der Waals surface area contributed by atoms with E-state index in [1.54, 1.807) is 6.20 Å². The van der Waals surface area contributed by atoms with E-state index in [9.17, 15) is 0 Å². The second-order valence-electron chi connectivity index (χ2n) is 3.09. The molecule has 0 saturated carbocycles. The molecule has 0 radical (unpaired) electrons. The predicted molar refractivity (Wildman–Crippen MR) is 58.4 cm³/mol. The van der Waals surface area contributed by atoms with Crippen LogP contribution in [0.1, 0.15) is 12.6 Å². The lowest BCUT2D eigenvalue weighted by Gasteiger charge is -2.16. The molecule has 0 aliphatic carbocycles. The maximum Gasteiger partial charge on any atom is 0.0602 e. The van der Waals surface area contributed by atoms with Crippen LogP contribution >= 0.6 is 0 Å². The third-order valence-electron chi connectivity index (χ3n) is 2.00. The van der Waals surface area contributed by atoms with Gasteiger partial charge in [-0.15, -0.1) is 6.42 Å². The monoisotopic (exact) mass is 189 g/mol. The lowest BCUT2D eigenvalue weighted by molar-refractivity contribution is 0.312. The summed E-state index contributed by atoms with van der Waals surface area (Å²) in [5.41, 5.74) is 7.23. The first kappa shape index (κ1) is 10.6. The summed E-state index contributed by atoms with van der Waals surface area (Å²) in [5, 5.41) is 0. The molecule has 0 saturated heterocycles. The molecular weight excluding hydrogens is 174 g/mol. The van der Waals surface area contributed by atoms with Gasteiger partial charge in [0, 0.05) is 6.54 Å². The zero-order valence-corrected chi connectivity index (χ0v) is 8.40. The average Bonchev–Trinajstić information content (AvgIpc) is 2.20. The van der Waals surface area contributed by atoms with Crippen molar-refractivity contribution in [2.75, 3.05) is 18.8 Å². The molecule has 1 aromatic rings. The van der Waals surface area contributed by atoms with E-state index in [4.69, 9.17) is 12.2 Å². The van der Waals surface area contributed by atoms with Gasteiger partial charge in [-0.2, -0.15) is 0 Å². The quantitative estimate of drug-likeness (QED) is 0.722. The number of hydrogen-bond donors (Lipinski definition) is 1. The second-order valence-corrected chi connectivity index (χ2v) is 3.09. The standard InChI is InChI=1S/C11H15N3/c1-3-7-14(4-2)9-11-6-5-10(12)8-13-11/h1,5-6,8H,4,7,9,12H2,2H3. The molecule has 0 amide bonds. The number of nitrogens with zero attached hydrogens (tertiary/aromatic N) is 2. The summed E-state index contributed by atoms with van der Waals surface area (Å²) < 4.78 is 0. The number of nitrogens with two attached hydrogens (primary N) is 1. The van der Waals surface area contributed by atoms with Crippen molar-refractivity contribution in [1.29, 1.82) is 0 Å². The number of aromatic nitrogens is 1. The molecule has 0 aromatic carbocycles. The van der Waals surface area contributed by atoms with Gasteiger partial charge in [-0.1, -0.05) is 12.8 Å². The van der Waals surface area contributed by atoms with Gasteiger partial charge < -0.3 is 5.73 Å². The van der Waals surface area contributed by atoms with Crippen LogP contribution in [0.5, 0.6) is 0 Å². The van der Waals surface area contributed by atoms with Crippen molar-refractivity contribution in [1.82, 2.24) is 9.88 Å². The fourth-order valence-electron chi connectivity index (χ4n) is 1.17. The van der Waals surface area contributed by atoms with Crippen molar-refractivity contribution in [3.63, 3.8) is 0 Å². The van der Waals surface area contributed by atoms with Gasteiger partial charge in [0.1, 0.15) is 0 Å². The third-order valence-corrected chi connectivity index (χ3v) is 2.00. The van der Waals surface area contributed by atoms with E-state index in [0.29, 0.717) is 12.2 Å². The summed E-state index contributed by atoms with van der Waals surface area (Å²) >= 11 is 0. The molecule has 74 valence electrons. The Labute approximate surface area is 84.9 Å². The molecule has 0 atom stereocenters. The van der Waals surface area contributed by atoms with Gasteiger partial charge in [0.15, 0.2) is 0 Å². The van der Waals surface area contributed by atoms with Crippen LogP contribution in [0.3, 0.4) is 0 Å². The highest BCUT2D eigenvalue weighted by Gasteiger charge is 2.02. The fraction of sp³-hybridized carbons (Fsp3) is 0.364. The Kier molecular flexibility index (Phi) is 3.96. The first-order valence-electron chi connectivity index (χ1n) is 4.62. The minimum Gasteiger partial charge on any atom is -0.397 e. The molecule has 0 bridgehead atoms. The Hall–Kier alpha value is -1.53. The first-order valence-corrected chi connectivity index (χ1v) is 4.62. The van der Waals surface area contributed by atoms with Gasteiger partial charge in [0.2, 0.25) is 0 Å². The van der Waals surface area contributed by atoms with Gasteiger partial charge in [0.25, 0.3) is 0 Å². The maximum atomic E-state index is 5.54. The molecule has 0 spiro atoms. The molecule has 3 heteroatoms. The van der Waals surface area contributed by atoms with E-state index in [1.165, 1.54) is 0 Å². The fourth-order valence-corrected chi connectivity index (χ4v) is 1.17. The lowest BCUT2D eigenvalue weighted by atomic mass is 10.3. The molecule has 0 fully saturated rings. The van der Waals surface area contributed by atoms with Crippen LogP contribution in [0.15, 0.2) is 18.3 Å². The van der Waals surface area contributed by atoms with E-state index in [0.717, 1.165) is 18.8 Å². The third kappa shape index (κ3) is 3.08. The summed E-state index contributed by atoms with van der Waals surface area (Å²) in [6, 6.07) is 3.78. The highest BCUT2D eigenvalue weighted by molar-refractivity contribution is 5.34. The molecule has 1 heterocycles. The number of pyridine rings is 1. The van der Waals surface area contributed by atoms with Crippen LogP contribution in [-0.4, -0.2) is 23.0 Å². The van der Waals surface area contributed by atoms with Crippen LogP contribution in [0.2, 0.25) is 0 Å². The van der Waals surface area contributed by atoms with E-state index < -0.39 is 0 Å². The Morgan fingerprint density at radius 2 is 2.36 bits per heavy atom. The summed E-state index contributed by atoms with van der Waals surface area (Å²) in [4.78, 5) is 6.35. The van der Waals surface area contributed by atoms with Gasteiger partial charge in [-0.05, 0) is 18.7 Å². The van der Waals surface area contributed by atoms with E-state index in [2.05, 4.69) is 22.7 Å². The average molecular weight is 189 g/mol. The minimum absolute atomic E-state index is 0.655. The molecular formula is C11H15N3. The van der Waals surface area contributed by atoms with E-state index in [1.807, 2.05) is 12.1 Å². The zero-order valence-electron chi connectivity index (χ0n) is 8.40. The van der Waals surface area contributed by atoms with Crippen molar-refractivity contribution in [2.45, 2.75) is 13.5 Å². The number of rotatable bonds is 4. The van der Waals surface area contributed by atoms with E-state index >= 15 is 0 Å². The topological polar surface area (TPSA) is 42.1 Å². The Balaban J connectivity index is 2.59. The van der Waals surface area contributed by atoms with Crippen LogP contribution in [0.4, 0.5) is 5.69 Å². The summed E-state index contributed by atoms with van der Waals surface area (Å²) in [6.45, 7) is 4.44. The maximum absolute atomic E-state index is 5.54. The van der Waals surface area contributed by atoms with Gasteiger partial charge >= 0.3 is 0 Å². The van der Waals surface area contributed by atoms with Crippen molar-refractivity contribution in [3.05, 3.63) is 24.0 Å². The van der Waals surface area contributed by atoms with Crippen molar-refractivity contribution in [3.8, 4) is 12.3 Å². The normalized spacial score (nSPS) is 10.1. The molecule has 3 nitrogen and oxygen atoms in total. The largest absolute Gasteiger partial charge is 0.397 e. The Morgan fingerprint density at radius 3 is 2.86 bits per heavy atom. The number of hydrogen-bond acceptors (Lipinski definition) is 3. The minimum atomic E-state index is 0.655. The molecule has 0 aliphatic rings. The van der Waals surface area contributed by atoms with E-state index in [-0.39, 0.29) is 0 Å². The Morgan fingerprint density at radius 1 is 1.57 bits per heavy atom.